The zero-order valence-corrected chi connectivity index (χ0v) is 13.1. The minimum Gasteiger partial charge on any atom is -0.393 e. The molecule has 3 nitrogen and oxygen atoms in total. The molecule has 1 aromatic carbocycles. The number of rotatable bonds is 6. The highest BCUT2D eigenvalue weighted by atomic mass is 16.3. The van der Waals surface area contributed by atoms with E-state index in [0.29, 0.717) is 13.0 Å². The molecule has 0 aromatic heterocycles. The molecule has 1 aromatic rings. The van der Waals surface area contributed by atoms with Crippen molar-refractivity contribution >= 4 is 5.91 Å². The predicted molar refractivity (Wildman–Crippen MR) is 85.1 cm³/mol. The van der Waals surface area contributed by atoms with Crippen molar-refractivity contribution in [2.45, 2.75) is 57.5 Å². The molecule has 0 heterocycles. The summed E-state index contributed by atoms with van der Waals surface area (Å²) in [5.74, 6) is 0.342. The average molecular weight is 289 g/mol. The van der Waals surface area contributed by atoms with Gasteiger partial charge in [-0.05, 0) is 30.2 Å². The van der Waals surface area contributed by atoms with Crippen LogP contribution in [0.25, 0.3) is 0 Å². The van der Waals surface area contributed by atoms with E-state index in [9.17, 15) is 9.90 Å². The van der Waals surface area contributed by atoms with Crippen molar-refractivity contribution in [1.29, 1.82) is 0 Å². The summed E-state index contributed by atoms with van der Waals surface area (Å²) in [6.07, 6.45) is 4.10. The Hall–Kier alpha value is -1.35. The molecule has 1 aliphatic rings. The van der Waals surface area contributed by atoms with Crippen LogP contribution in [-0.4, -0.2) is 23.7 Å². The van der Waals surface area contributed by atoms with Crippen LogP contribution >= 0.6 is 0 Å². The average Bonchev–Trinajstić information content (AvgIpc) is 2.89. The third kappa shape index (κ3) is 4.57. The van der Waals surface area contributed by atoms with Gasteiger partial charge in [-0.2, -0.15) is 0 Å². The van der Waals surface area contributed by atoms with Crippen molar-refractivity contribution in [3.8, 4) is 0 Å². The maximum absolute atomic E-state index is 12.0. The molecule has 1 aliphatic carbocycles. The predicted octanol–water partition coefficient (Wildman–Crippen LogP) is 3.02. The Kier molecular flexibility index (Phi) is 5.40. The highest BCUT2D eigenvalue weighted by molar-refractivity contribution is 5.76. The monoisotopic (exact) mass is 289 g/mol. The normalized spacial score (nSPS) is 22.2. The molecule has 0 aliphatic heterocycles. The number of carbonyl (C=O) groups is 1. The molecule has 21 heavy (non-hydrogen) atoms. The number of aliphatic hydroxyl groups excluding tert-OH is 1. The van der Waals surface area contributed by atoms with Crippen LogP contribution in [0.3, 0.4) is 0 Å². The Morgan fingerprint density at radius 2 is 2.00 bits per heavy atom. The van der Waals surface area contributed by atoms with Gasteiger partial charge in [-0.15, -0.1) is 0 Å². The maximum Gasteiger partial charge on any atom is 0.220 e. The first kappa shape index (κ1) is 16.0. The van der Waals surface area contributed by atoms with Crippen molar-refractivity contribution in [2.24, 2.45) is 5.92 Å². The first-order chi connectivity index (χ1) is 9.99. The fourth-order valence-corrected chi connectivity index (χ4v) is 3.05. The lowest BCUT2D eigenvalue weighted by atomic mass is 9.80. The van der Waals surface area contributed by atoms with Gasteiger partial charge in [-0.1, -0.05) is 50.6 Å². The number of hydrogen-bond donors (Lipinski definition) is 2. The second-order valence-electron chi connectivity index (χ2n) is 6.81. The van der Waals surface area contributed by atoms with E-state index >= 15 is 0 Å². The van der Waals surface area contributed by atoms with Crippen LogP contribution in [0.1, 0.15) is 51.5 Å². The fraction of sp³-hybridized carbons (Fsp3) is 0.611. The van der Waals surface area contributed by atoms with Crippen molar-refractivity contribution in [2.75, 3.05) is 6.54 Å². The number of carbonyl (C=O) groups excluding carboxylic acids is 1. The Labute approximate surface area is 127 Å². The van der Waals surface area contributed by atoms with E-state index in [2.05, 4.69) is 31.3 Å². The lowest BCUT2D eigenvalue weighted by Crippen LogP contribution is -2.33. The molecule has 2 unspecified atom stereocenters. The zero-order chi connectivity index (χ0) is 15.3. The molecular weight excluding hydrogens is 262 g/mol. The summed E-state index contributed by atoms with van der Waals surface area (Å²) in [7, 11) is 0. The van der Waals surface area contributed by atoms with Gasteiger partial charge >= 0.3 is 0 Å². The van der Waals surface area contributed by atoms with Crippen molar-refractivity contribution < 1.29 is 9.90 Å². The van der Waals surface area contributed by atoms with Gasteiger partial charge in [0.1, 0.15) is 0 Å². The maximum atomic E-state index is 12.0. The summed E-state index contributed by atoms with van der Waals surface area (Å²) in [5, 5.41) is 12.7. The number of aliphatic hydroxyl groups is 1. The van der Waals surface area contributed by atoms with E-state index in [0.717, 1.165) is 25.7 Å². The molecule has 1 saturated carbocycles. The summed E-state index contributed by atoms with van der Waals surface area (Å²) in [6, 6.07) is 10.3. The Bertz CT molecular complexity index is 456. The lowest BCUT2D eigenvalue weighted by molar-refractivity contribution is -0.121. The van der Waals surface area contributed by atoms with E-state index < -0.39 is 0 Å². The number of amides is 1. The molecule has 1 amide bonds. The Balaban J connectivity index is 1.75. The standard InChI is InChI=1S/C18H27NO2/c1-18(2,15-8-4-3-5-9-15)12-11-17(21)19-13-14-7-6-10-16(14)20/h3-5,8-9,14,16,20H,6-7,10-13H2,1-2H3,(H,19,21). The van der Waals surface area contributed by atoms with Crippen LogP contribution in [0, 0.1) is 5.92 Å². The third-order valence-electron chi connectivity index (χ3n) is 4.71. The molecule has 0 radical (unpaired) electrons. The van der Waals surface area contributed by atoms with Crippen molar-refractivity contribution in [3.63, 3.8) is 0 Å². The second kappa shape index (κ2) is 7.08. The van der Waals surface area contributed by atoms with Crippen LogP contribution in [0.15, 0.2) is 30.3 Å². The smallest absolute Gasteiger partial charge is 0.220 e. The van der Waals surface area contributed by atoms with Gasteiger partial charge in [0.05, 0.1) is 6.10 Å². The largest absolute Gasteiger partial charge is 0.393 e. The van der Waals surface area contributed by atoms with Gasteiger partial charge in [0, 0.05) is 18.9 Å². The zero-order valence-electron chi connectivity index (χ0n) is 13.1. The lowest BCUT2D eigenvalue weighted by Gasteiger charge is -2.25. The van der Waals surface area contributed by atoms with Crippen LogP contribution < -0.4 is 5.32 Å². The topological polar surface area (TPSA) is 49.3 Å². The molecule has 0 bridgehead atoms. The van der Waals surface area contributed by atoms with E-state index in [4.69, 9.17) is 0 Å². The van der Waals surface area contributed by atoms with E-state index in [-0.39, 0.29) is 23.3 Å². The van der Waals surface area contributed by atoms with Gasteiger partial charge in [0.2, 0.25) is 5.91 Å². The van der Waals surface area contributed by atoms with Gasteiger partial charge in [0.15, 0.2) is 0 Å². The number of hydrogen-bond acceptors (Lipinski definition) is 2. The highest BCUT2D eigenvalue weighted by Crippen LogP contribution is 2.28. The summed E-state index contributed by atoms with van der Waals surface area (Å²) >= 11 is 0. The highest BCUT2D eigenvalue weighted by Gasteiger charge is 2.26. The summed E-state index contributed by atoms with van der Waals surface area (Å²) in [4.78, 5) is 12.0. The Morgan fingerprint density at radius 1 is 1.29 bits per heavy atom. The van der Waals surface area contributed by atoms with Crippen molar-refractivity contribution in [1.82, 2.24) is 5.32 Å². The van der Waals surface area contributed by atoms with Crippen LogP contribution in [0.2, 0.25) is 0 Å². The molecule has 3 heteroatoms. The van der Waals surface area contributed by atoms with Gasteiger partial charge < -0.3 is 10.4 Å². The number of nitrogens with one attached hydrogen (secondary N) is 1. The van der Waals surface area contributed by atoms with E-state index in [1.54, 1.807) is 0 Å². The first-order valence-corrected chi connectivity index (χ1v) is 7.99. The van der Waals surface area contributed by atoms with Gasteiger partial charge in [0.25, 0.3) is 0 Å². The fourth-order valence-electron chi connectivity index (χ4n) is 3.05. The molecule has 2 N–H and O–H groups in total. The molecule has 0 spiro atoms. The molecule has 2 rings (SSSR count). The number of benzene rings is 1. The molecular formula is C18H27NO2. The van der Waals surface area contributed by atoms with E-state index in [1.807, 2.05) is 18.2 Å². The Morgan fingerprint density at radius 3 is 2.62 bits per heavy atom. The van der Waals surface area contributed by atoms with Crippen LogP contribution in [-0.2, 0) is 10.2 Å². The summed E-state index contributed by atoms with van der Waals surface area (Å²) < 4.78 is 0. The minimum absolute atomic E-state index is 0.00543. The van der Waals surface area contributed by atoms with Gasteiger partial charge in [-0.25, -0.2) is 0 Å². The summed E-state index contributed by atoms with van der Waals surface area (Å²) in [6.45, 7) is 4.97. The first-order valence-electron chi connectivity index (χ1n) is 7.99. The second-order valence-corrected chi connectivity index (χ2v) is 6.81. The van der Waals surface area contributed by atoms with Crippen molar-refractivity contribution in [3.05, 3.63) is 35.9 Å². The minimum atomic E-state index is -0.231. The molecule has 2 atom stereocenters. The van der Waals surface area contributed by atoms with Gasteiger partial charge in [-0.3, -0.25) is 4.79 Å². The van der Waals surface area contributed by atoms with Crippen LogP contribution in [0.5, 0.6) is 0 Å². The molecule has 116 valence electrons. The summed E-state index contributed by atoms with van der Waals surface area (Å²) in [5.41, 5.74) is 1.27. The third-order valence-corrected chi connectivity index (χ3v) is 4.71. The van der Waals surface area contributed by atoms with Crippen LogP contribution in [0.4, 0.5) is 0 Å². The SMILES string of the molecule is CC(C)(CCC(=O)NCC1CCCC1O)c1ccccc1. The quantitative estimate of drug-likeness (QED) is 0.845. The molecule has 1 fully saturated rings. The van der Waals surface area contributed by atoms with E-state index in [1.165, 1.54) is 5.56 Å². The molecule has 0 saturated heterocycles.